The summed E-state index contributed by atoms with van der Waals surface area (Å²) < 4.78 is 10.3. The normalized spacial score (nSPS) is 10.1. The van der Waals surface area contributed by atoms with Crippen LogP contribution in [0.15, 0.2) is 30.3 Å². The molecule has 0 saturated carbocycles. The molecule has 2 N–H and O–H groups in total. The molecule has 25 heavy (non-hydrogen) atoms. The van der Waals surface area contributed by atoms with Crippen LogP contribution in [0.3, 0.4) is 0 Å². The zero-order chi connectivity index (χ0) is 18.6. The van der Waals surface area contributed by atoms with E-state index < -0.39 is 11.8 Å². The van der Waals surface area contributed by atoms with Crippen molar-refractivity contribution in [1.29, 1.82) is 0 Å². The molecule has 0 aliphatic heterocycles. The van der Waals surface area contributed by atoms with Gasteiger partial charge in [0.15, 0.2) is 0 Å². The summed E-state index contributed by atoms with van der Waals surface area (Å²) in [4.78, 5) is 24.4. The highest BCUT2D eigenvalue weighted by molar-refractivity contribution is 6.44. The number of nitrogens with one attached hydrogen (secondary N) is 2. The number of rotatable bonds is 4. The summed E-state index contributed by atoms with van der Waals surface area (Å²) in [6.07, 6.45) is 0. The zero-order valence-electron chi connectivity index (χ0n) is 14.4. The average Bonchev–Trinajstić information content (AvgIpc) is 2.59. The molecule has 0 radical (unpaired) electrons. The number of hydrogen-bond acceptors (Lipinski definition) is 4. The van der Waals surface area contributed by atoms with Crippen LogP contribution in [0.4, 0.5) is 11.4 Å². The van der Waals surface area contributed by atoms with E-state index in [9.17, 15) is 9.59 Å². The van der Waals surface area contributed by atoms with Crippen molar-refractivity contribution in [2.75, 3.05) is 24.9 Å². The van der Waals surface area contributed by atoms with Crippen molar-refractivity contribution in [3.63, 3.8) is 0 Å². The first kappa shape index (κ1) is 18.6. The maximum absolute atomic E-state index is 12.2. The van der Waals surface area contributed by atoms with Crippen molar-refractivity contribution < 1.29 is 19.1 Å². The van der Waals surface area contributed by atoms with Gasteiger partial charge in [0.05, 0.1) is 24.9 Å². The second-order valence-corrected chi connectivity index (χ2v) is 5.75. The summed E-state index contributed by atoms with van der Waals surface area (Å²) in [5.41, 5.74) is 2.78. The van der Waals surface area contributed by atoms with Gasteiger partial charge in [-0.25, -0.2) is 0 Å². The van der Waals surface area contributed by atoms with Gasteiger partial charge in [-0.05, 0) is 31.0 Å². The van der Waals surface area contributed by atoms with E-state index in [1.807, 2.05) is 26.0 Å². The van der Waals surface area contributed by atoms with Crippen molar-refractivity contribution in [2.24, 2.45) is 0 Å². The maximum Gasteiger partial charge on any atom is 0.314 e. The quantitative estimate of drug-likeness (QED) is 0.815. The first-order valence-electron chi connectivity index (χ1n) is 7.47. The standard InChI is InChI=1S/C18H19ClN2O4/c1-10-6-5-7-13(11(10)2)20-17(22)18(23)21-14-9-15(24-3)12(19)8-16(14)25-4/h5-9H,1-4H3,(H,20,22)(H,21,23). The summed E-state index contributed by atoms with van der Waals surface area (Å²) >= 11 is 6.02. The molecule has 6 nitrogen and oxygen atoms in total. The Morgan fingerprint density at radius 2 is 1.52 bits per heavy atom. The van der Waals surface area contributed by atoms with E-state index in [0.717, 1.165) is 11.1 Å². The lowest BCUT2D eigenvalue weighted by atomic mass is 10.1. The van der Waals surface area contributed by atoms with Gasteiger partial charge in [0, 0.05) is 17.8 Å². The van der Waals surface area contributed by atoms with Gasteiger partial charge in [-0.3, -0.25) is 9.59 Å². The Morgan fingerprint density at radius 1 is 0.920 bits per heavy atom. The Kier molecular flexibility index (Phi) is 5.88. The van der Waals surface area contributed by atoms with Crippen LogP contribution < -0.4 is 20.1 Å². The van der Waals surface area contributed by atoms with E-state index in [1.54, 1.807) is 6.07 Å². The highest BCUT2D eigenvalue weighted by Gasteiger charge is 2.18. The van der Waals surface area contributed by atoms with Gasteiger partial charge in [-0.15, -0.1) is 0 Å². The molecule has 132 valence electrons. The van der Waals surface area contributed by atoms with Gasteiger partial charge in [-0.2, -0.15) is 0 Å². The zero-order valence-corrected chi connectivity index (χ0v) is 15.2. The van der Waals surface area contributed by atoms with Crippen LogP contribution in [-0.4, -0.2) is 26.0 Å². The third-order valence-corrected chi connectivity index (χ3v) is 4.08. The van der Waals surface area contributed by atoms with Gasteiger partial charge >= 0.3 is 11.8 Å². The summed E-state index contributed by atoms with van der Waals surface area (Å²) in [6, 6.07) is 8.46. The molecule has 0 spiro atoms. The molecule has 0 bridgehead atoms. The minimum atomic E-state index is -0.830. The second-order valence-electron chi connectivity index (χ2n) is 5.34. The molecule has 2 amide bonds. The molecule has 2 rings (SSSR count). The lowest BCUT2D eigenvalue weighted by Gasteiger charge is -2.14. The molecular weight excluding hydrogens is 344 g/mol. The van der Waals surface area contributed by atoms with E-state index in [-0.39, 0.29) is 5.69 Å². The molecular formula is C18H19ClN2O4. The predicted molar refractivity (Wildman–Crippen MR) is 97.7 cm³/mol. The summed E-state index contributed by atoms with van der Waals surface area (Å²) in [7, 11) is 2.89. The van der Waals surface area contributed by atoms with E-state index in [1.165, 1.54) is 26.4 Å². The number of carbonyl (C=O) groups is 2. The smallest absolute Gasteiger partial charge is 0.314 e. The summed E-state index contributed by atoms with van der Waals surface area (Å²) in [5, 5.41) is 5.43. The predicted octanol–water partition coefficient (Wildman–Crippen LogP) is 3.55. The monoisotopic (exact) mass is 362 g/mol. The minimum Gasteiger partial charge on any atom is -0.495 e. The fraction of sp³-hybridized carbons (Fsp3) is 0.222. The first-order valence-corrected chi connectivity index (χ1v) is 7.85. The molecule has 2 aromatic rings. The number of benzene rings is 2. The van der Waals surface area contributed by atoms with E-state index in [2.05, 4.69) is 10.6 Å². The van der Waals surface area contributed by atoms with Crippen LogP contribution >= 0.6 is 11.6 Å². The number of halogens is 1. The molecule has 2 aromatic carbocycles. The van der Waals surface area contributed by atoms with Crippen molar-refractivity contribution in [3.05, 3.63) is 46.5 Å². The Balaban J connectivity index is 2.19. The molecule has 0 heterocycles. The van der Waals surface area contributed by atoms with Crippen molar-refractivity contribution in [3.8, 4) is 11.5 Å². The number of carbonyl (C=O) groups excluding carboxylic acids is 2. The van der Waals surface area contributed by atoms with Crippen LogP contribution in [0.2, 0.25) is 5.02 Å². The van der Waals surface area contributed by atoms with Crippen molar-refractivity contribution in [2.45, 2.75) is 13.8 Å². The molecule has 0 atom stereocenters. The van der Waals surface area contributed by atoms with Crippen LogP contribution in [0, 0.1) is 13.8 Å². The lowest BCUT2D eigenvalue weighted by molar-refractivity contribution is -0.133. The fourth-order valence-corrected chi connectivity index (χ4v) is 2.43. The van der Waals surface area contributed by atoms with Crippen LogP contribution in [0.25, 0.3) is 0 Å². The molecule has 0 aliphatic rings. The first-order chi connectivity index (χ1) is 11.9. The number of ether oxygens (including phenoxy) is 2. The van der Waals surface area contributed by atoms with E-state index >= 15 is 0 Å². The fourth-order valence-electron chi connectivity index (χ4n) is 2.20. The highest BCUT2D eigenvalue weighted by atomic mass is 35.5. The number of aryl methyl sites for hydroxylation is 1. The molecule has 0 aromatic heterocycles. The molecule has 0 unspecified atom stereocenters. The van der Waals surface area contributed by atoms with Gasteiger partial charge in [-0.1, -0.05) is 23.7 Å². The number of amides is 2. The molecule has 0 saturated heterocycles. The Hall–Kier alpha value is -2.73. The Morgan fingerprint density at radius 3 is 2.12 bits per heavy atom. The second kappa shape index (κ2) is 7.90. The number of hydrogen-bond donors (Lipinski definition) is 2. The van der Waals surface area contributed by atoms with Crippen LogP contribution in [-0.2, 0) is 9.59 Å². The third kappa shape index (κ3) is 4.22. The third-order valence-electron chi connectivity index (χ3n) is 3.78. The van der Waals surface area contributed by atoms with Gasteiger partial charge in [0.2, 0.25) is 0 Å². The summed E-state index contributed by atoms with van der Waals surface area (Å²) in [5.74, 6) is -0.945. The largest absolute Gasteiger partial charge is 0.495 e. The van der Waals surface area contributed by atoms with Crippen LogP contribution in [0.5, 0.6) is 11.5 Å². The van der Waals surface area contributed by atoms with Gasteiger partial charge in [0.25, 0.3) is 0 Å². The lowest BCUT2D eigenvalue weighted by Crippen LogP contribution is -2.29. The minimum absolute atomic E-state index is 0.282. The van der Waals surface area contributed by atoms with Gasteiger partial charge < -0.3 is 20.1 Å². The van der Waals surface area contributed by atoms with E-state index in [0.29, 0.717) is 22.2 Å². The van der Waals surface area contributed by atoms with E-state index in [4.69, 9.17) is 21.1 Å². The highest BCUT2D eigenvalue weighted by Crippen LogP contribution is 2.35. The maximum atomic E-state index is 12.2. The number of methoxy groups -OCH3 is 2. The van der Waals surface area contributed by atoms with Crippen LogP contribution in [0.1, 0.15) is 11.1 Å². The number of anilines is 2. The van der Waals surface area contributed by atoms with Crippen molar-refractivity contribution >= 4 is 34.8 Å². The summed E-state index contributed by atoms with van der Waals surface area (Å²) in [6.45, 7) is 3.80. The van der Waals surface area contributed by atoms with Crippen molar-refractivity contribution in [1.82, 2.24) is 0 Å². The molecule has 0 aliphatic carbocycles. The van der Waals surface area contributed by atoms with Gasteiger partial charge in [0.1, 0.15) is 11.5 Å². The Bertz CT molecular complexity index is 821. The molecule has 0 fully saturated rings. The SMILES string of the molecule is COc1cc(NC(=O)C(=O)Nc2cccc(C)c2C)c(OC)cc1Cl. The molecule has 7 heteroatoms. The topological polar surface area (TPSA) is 76.7 Å². The average molecular weight is 363 g/mol. The Labute approximate surface area is 151 Å².